The molecule has 0 aromatic rings. The van der Waals surface area contributed by atoms with Gasteiger partial charge in [-0.2, -0.15) is 0 Å². The molecule has 2 aliphatic heterocycles. The number of hydrogen-bond donors (Lipinski definition) is 1. The van der Waals surface area contributed by atoms with Crippen LogP contribution in [0.3, 0.4) is 0 Å². The largest absolute Gasteiger partial charge is 0.444 e. The first-order chi connectivity index (χ1) is 8.30. The Morgan fingerprint density at radius 3 is 2.72 bits per heavy atom. The molecule has 18 heavy (non-hydrogen) atoms. The number of amides is 2. The molecular weight excluding hydrogens is 236 g/mol. The quantitative estimate of drug-likeness (QED) is 0.641. The Kier molecular flexibility index (Phi) is 3.23. The summed E-state index contributed by atoms with van der Waals surface area (Å²) in [6, 6.07) is 0. The highest BCUT2D eigenvalue weighted by Crippen LogP contribution is 2.25. The molecule has 0 aromatic carbocycles. The second kappa shape index (κ2) is 4.42. The van der Waals surface area contributed by atoms with Crippen molar-refractivity contribution in [3.8, 4) is 0 Å². The molecular formula is C12H20N2O4. The number of β-lactam (4-membered cyclic amide) rings is 1. The Morgan fingerprint density at radius 2 is 2.17 bits per heavy atom. The average molecular weight is 256 g/mol. The molecule has 0 unspecified atom stereocenters. The van der Waals surface area contributed by atoms with Gasteiger partial charge in [0, 0.05) is 13.1 Å². The summed E-state index contributed by atoms with van der Waals surface area (Å²) in [5.41, 5.74) is -0.926. The topological polar surface area (TPSA) is 67.9 Å². The summed E-state index contributed by atoms with van der Waals surface area (Å²) < 4.78 is 10.8. The lowest BCUT2D eigenvalue weighted by Crippen LogP contribution is -2.68. The van der Waals surface area contributed by atoms with Crippen LogP contribution in [0.4, 0.5) is 4.79 Å². The third-order valence-corrected chi connectivity index (χ3v) is 2.93. The van der Waals surface area contributed by atoms with E-state index in [0.29, 0.717) is 32.7 Å². The monoisotopic (exact) mass is 256 g/mol. The van der Waals surface area contributed by atoms with Crippen molar-refractivity contribution in [2.24, 2.45) is 0 Å². The molecule has 2 aliphatic rings. The van der Waals surface area contributed by atoms with Crippen LogP contribution in [0.15, 0.2) is 0 Å². The van der Waals surface area contributed by atoms with Crippen LogP contribution in [0.25, 0.3) is 0 Å². The molecule has 6 heteroatoms. The van der Waals surface area contributed by atoms with E-state index in [9.17, 15) is 9.59 Å². The van der Waals surface area contributed by atoms with Crippen LogP contribution in [0.1, 0.15) is 27.2 Å². The van der Waals surface area contributed by atoms with E-state index in [1.165, 1.54) is 0 Å². The molecule has 6 nitrogen and oxygen atoms in total. The number of ether oxygens (including phenoxy) is 2. The van der Waals surface area contributed by atoms with Crippen molar-refractivity contribution >= 4 is 12.0 Å². The number of nitrogens with zero attached hydrogens (tertiary/aromatic N) is 1. The van der Waals surface area contributed by atoms with Crippen LogP contribution in [-0.2, 0) is 14.3 Å². The Morgan fingerprint density at radius 1 is 1.50 bits per heavy atom. The highest BCUT2D eigenvalue weighted by atomic mass is 16.6. The van der Waals surface area contributed by atoms with Gasteiger partial charge >= 0.3 is 6.09 Å². The van der Waals surface area contributed by atoms with Gasteiger partial charge in [-0.05, 0) is 20.8 Å². The summed E-state index contributed by atoms with van der Waals surface area (Å²) in [5, 5.41) is 2.83. The summed E-state index contributed by atoms with van der Waals surface area (Å²) in [4.78, 5) is 24.7. The zero-order chi connectivity index (χ0) is 13.4. The summed E-state index contributed by atoms with van der Waals surface area (Å²) in [5.74, 6) is 0.00430. The molecule has 0 saturated carbocycles. The van der Waals surface area contributed by atoms with Crippen LogP contribution >= 0.6 is 0 Å². The first-order valence-electron chi connectivity index (χ1n) is 6.16. The van der Waals surface area contributed by atoms with E-state index in [2.05, 4.69) is 5.32 Å². The zero-order valence-electron chi connectivity index (χ0n) is 11.1. The first kappa shape index (κ1) is 13.1. The minimum atomic E-state index is -0.514. The molecule has 1 atom stereocenters. The summed E-state index contributed by atoms with van der Waals surface area (Å²) in [6.45, 7) is 7.37. The van der Waals surface area contributed by atoms with E-state index in [1.54, 1.807) is 4.90 Å². The van der Waals surface area contributed by atoms with Gasteiger partial charge in [-0.25, -0.2) is 4.79 Å². The van der Waals surface area contributed by atoms with Crippen LogP contribution in [0.5, 0.6) is 0 Å². The van der Waals surface area contributed by atoms with E-state index < -0.39 is 11.1 Å². The van der Waals surface area contributed by atoms with Gasteiger partial charge in [0.25, 0.3) is 0 Å². The van der Waals surface area contributed by atoms with Gasteiger partial charge in [-0.3, -0.25) is 4.79 Å². The normalized spacial score (nSPS) is 28.4. The van der Waals surface area contributed by atoms with Crippen molar-refractivity contribution in [1.82, 2.24) is 10.2 Å². The lowest BCUT2D eigenvalue weighted by Gasteiger charge is -2.42. The second-order valence-corrected chi connectivity index (χ2v) is 5.96. The molecule has 0 radical (unpaired) electrons. The van der Waals surface area contributed by atoms with Crippen LogP contribution < -0.4 is 5.32 Å². The van der Waals surface area contributed by atoms with E-state index in [4.69, 9.17) is 9.47 Å². The molecule has 2 heterocycles. The van der Waals surface area contributed by atoms with E-state index in [1.807, 2.05) is 20.8 Å². The van der Waals surface area contributed by atoms with Gasteiger partial charge < -0.3 is 19.7 Å². The minimum absolute atomic E-state index is 0.00430. The van der Waals surface area contributed by atoms with Crippen molar-refractivity contribution in [3.63, 3.8) is 0 Å². The molecule has 2 amide bonds. The average Bonchev–Trinajstić information content (AvgIpc) is 2.37. The van der Waals surface area contributed by atoms with E-state index in [0.717, 1.165) is 0 Å². The van der Waals surface area contributed by atoms with Gasteiger partial charge in [0.2, 0.25) is 5.91 Å². The Labute approximate surface area is 107 Å². The van der Waals surface area contributed by atoms with Crippen LogP contribution in [-0.4, -0.2) is 54.3 Å². The van der Waals surface area contributed by atoms with Crippen LogP contribution in [0.2, 0.25) is 0 Å². The SMILES string of the molecule is CC(C)(C)OC(=O)N1CCOC[C@@]2(CC(=O)N2)C1. The lowest BCUT2D eigenvalue weighted by atomic mass is 9.87. The van der Waals surface area contributed by atoms with E-state index in [-0.39, 0.29) is 12.0 Å². The Hall–Kier alpha value is -1.30. The van der Waals surface area contributed by atoms with Crippen molar-refractivity contribution in [2.75, 3.05) is 26.3 Å². The third kappa shape index (κ3) is 2.93. The molecule has 102 valence electrons. The Balaban J connectivity index is 1.99. The summed E-state index contributed by atoms with van der Waals surface area (Å²) >= 11 is 0. The fourth-order valence-electron chi connectivity index (χ4n) is 2.18. The van der Waals surface area contributed by atoms with Crippen molar-refractivity contribution < 1.29 is 19.1 Å². The number of carbonyl (C=O) groups excluding carboxylic acids is 2. The standard InChI is InChI=1S/C12H20N2O4/c1-11(2,3)18-10(16)14-4-5-17-8-12(7-14)6-9(15)13-12/h4-8H2,1-3H3,(H,13,15)/t12-/m1/s1. The maximum atomic E-state index is 12.0. The number of carbonyl (C=O) groups is 2. The van der Waals surface area contributed by atoms with Crippen LogP contribution in [0, 0.1) is 0 Å². The predicted molar refractivity (Wildman–Crippen MR) is 64.1 cm³/mol. The molecule has 1 N–H and O–H groups in total. The van der Waals surface area contributed by atoms with Gasteiger partial charge in [0.1, 0.15) is 5.60 Å². The number of nitrogens with one attached hydrogen (secondary N) is 1. The highest BCUT2D eigenvalue weighted by Gasteiger charge is 2.46. The molecule has 2 saturated heterocycles. The van der Waals surface area contributed by atoms with Gasteiger partial charge in [-0.1, -0.05) is 0 Å². The maximum Gasteiger partial charge on any atom is 0.410 e. The predicted octanol–water partition coefficient (Wildman–Crippen LogP) is 0.512. The number of rotatable bonds is 0. The zero-order valence-corrected chi connectivity index (χ0v) is 11.1. The smallest absolute Gasteiger partial charge is 0.410 e. The number of hydrogen-bond acceptors (Lipinski definition) is 4. The maximum absolute atomic E-state index is 12.0. The van der Waals surface area contributed by atoms with Crippen molar-refractivity contribution in [3.05, 3.63) is 0 Å². The summed E-state index contributed by atoms with van der Waals surface area (Å²) in [6.07, 6.45) is 0.0558. The first-order valence-corrected chi connectivity index (χ1v) is 6.16. The molecule has 2 fully saturated rings. The summed E-state index contributed by atoms with van der Waals surface area (Å²) in [7, 11) is 0. The fraction of sp³-hybridized carbons (Fsp3) is 0.833. The van der Waals surface area contributed by atoms with Crippen molar-refractivity contribution in [1.29, 1.82) is 0 Å². The Bertz CT molecular complexity index is 354. The lowest BCUT2D eigenvalue weighted by molar-refractivity contribution is -0.135. The van der Waals surface area contributed by atoms with Crippen molar-refractivity contribution in [2.45, 2.75) is 38.3 Å². The highest BCUT2D eigenvalue weighted by molar-refractivity contribution is 5.85. The molecule has 0 aromatic heterocycles. The minimum Gasteiger partial charge on any atom is -0.444 e. The molecule has 0 bridgehead atoms. The fourth-order valence-corrected chi connectivity index (χ4v) is 2.18. The molecule has 2 rings (SSSR count). The molecule has 0 aliphatic carbocycles. The van der Waals surface area contributed by atoms with Gasteiger partial charge in [0.15, 0.2) is 0 Å². The molecule has 1 spiro atoms. The second-order valence-electron chi connectivity index (χ2n) is 5.96. The van der Waals surface area contributed by atoms with E-state index >= 15 is 0 Å². The third-order valence-electron chi connectivity index (χ3n) is 2.93. The van der Waals surface area contributed by atoms with Gasteiger partial charge in [0.05, 0.1) is 25.2 Å². The van der Waals surface area contributed by atoms with Gasteiger partial charge in [-0.15, -0.1) is 0 Å².